The molecular weight excluding hydrogens is 170 g/mol. The molecule has 3 heteroatoms. The van der Waals surface area contributed by atoms with Gasteiger partial charge in [-0.15, -0.1) is 0 Å². The third kappa shape index (κ3) is 3.33. The lowest BCUT2D eigenvalue weighted by atomic mass is 9.92. The normalized spacial score (nSPS) is 30.5. The maximum absolute atomic E-state index is 9.59. The summed E-state index contributed by atoms with van der Waals surface area (Å²) in [6.45, 7) is 0.991. The minimum atomic E-state index is -0.112. The molecule has 0 amide bonds. The van der Waals surface area contributed by atoms with E-state index >= 15 is 0 Å². The molecule has 0 radical (unpaired) electrons. The molecule has 0 spiro atoms. The van der Waals surface area contributed by atoms with Crippen molar-refractivity contribution in [3.8, 4) is 0 Å². The van der Waals surface area contributed by atoms with E-state index in [9.17, 15) is 5.11 Å². The van der Waals surface area contributed by atoms with Crippen LogP contribution in [0.3, 0.4) is 0 Å². The Bertz CT molecular complexity index is 121. The SMILES string of the molecule is O[C@@H]1CCCC[C@H]1NCCCS. The predicted octanol–water partition coefficient (Wildman–Crippen LogP) is 1.20. The van der Waals surface area contributed by atoms with Gasteiger partial charge in [-0.1, -0.05) is 12.8 Å². The Balaban J connectivity index is 2.11. The number of nitrogens with one attached hydrogen (secondary N) is 1. The summed E-state index contributed by atoms with van der Waals surface area (Å²) >= 11 is 4.14. The van der Waals surface area contributed by atoms with Crippen molar-refractivity contribution in [1.29, 1.82) is 0 Å². The molecule has 1 aliphatic carbocycles. The van der Waals surface area contributed by atoms with E-state index in [4.69, 9.17) is 0 Å². The monoisotopic (exact) mass is 189 g/mol. The second-order valence-corrected chi connectivity index (χ2v) is 3.94. The average molecular weight is 189 g/mol. The first kappa shape index (κ1) is 10.4. The number of thiol groups is 1. The van der Waals surface area contributed by atoms with Crippen LogP contribution in [0.25, 0.3) is 0 Å². The van der Waals surface area contributed by atoms with Crippen molar-refractivity contribution >= 4 is 12.6 Å². The largest absolute Gasteiger partial charge is 0.392 e. The van der Waals surface area contributed by atoms with Crippen LogP contribution in [0.15, 0.2) is 0 Å². The van der Waals surface area contributed by atoms with Crippen LogP contribution in [0.5, 0.6) is 0 Å². The van der Waals surface area contributed by atoms with Gasteiger partial charge in [-0.25, -0.2) is 0 Å². The van der Waals surface area contributed by atoms with Crippen LogP contribution in [0, 0.1) is 0 Å². The molecule has 2 nitrogen and oxygen atoms in total. The van der Waals surface area contributed by atoms with Crippen molar-refractivity contribution in [2.45, 2.75) is 44.2 Å². The third-order valence-corrected chi connectivity index (χ3v) is 2.79. The summed E-state index contributed by atoms with van der Waals surface area (Å²) in [4.78, 5) is 0. The van der Waals surface area contributed by atoms with Gasteiger partial charge in [-0.05, 0) is 31.6 Å². The van der Waals surface area contributed by atoms with Crippen LogP contribution >= 0.6 is 12.6 Å². The van der Waals surface area contributed by atoms with Crippen molar-refractivity contribution in [2.75, 3.05) is 12.3 Å². The molecule has 0 unspecified atom stereocenters. The Kier molecular flexibility index (Phi) is 5.04. The van der Waals surface area contributed by atoms with E-state index < -0.39 is 0 Å². The smallest absolute Gasteiger partial charge is 0.0693 e. The molecule has 1 fully saturated rings. The van der Waals surface area contributed by atoms with Gasteiger partial charge in [0.25, 0.3) is 0 Å². The van der Waals surface area contributed by atoms with E-state index in [-0.39, 0.29) is 6.10 Å². The summed E-state index contributed by atoms with van der Waals surface area (Å²) in [6, 6.07) is 0.346. The molecule has 0 heterocycles. The summed E-state index contributed by atoms with van der Waals surface area (Å²) < 4.78 is 0. The van der Waals surface area contributed by atoms with Gasteiger partial charge in [0.2, 0.25) is 0 Å². The van der Waals surface area contributed by atoms with Gasteiger partial charge in [-0.3, -0.25) is 0 Å². The first-order valence-corrected chi connectivity index (χ1v) is 5.50. The summed E-state index contributed by atoms with van der Waals surface area (Å²) in [5, 5.41) is 13.0. The molecule has 2 N–H and O–H groups in total. The van der Waals surface area contributed by atoms with Gasteiger partial charge < -0.3 is 10.4 Å². The Hall–Kier alpha value is 0.270. The molecule has 0 aromatic rings. The summed E-state index contributed by atoms with van der Waals surface area (Å²) in [5.41, 5.74) is 0. The van der Waals surface area contributed by atoms with Gasteiger partial charge in [-0.2, -0.15) is 12.6 Å². The van der Waals surface area contributed by atoms with Crippen molar-refractivity contribution in [3.63, 3.8) is 0 Å². The lowest BCUT2D eigenvalue weighted by Gasteiger charge is -2.28. The van der Waals surface area contributed by atoms with Crippen molar-refractivity contribution < 1.29 is 5.11 Å². The van der Waals surface area contributed by atoms with Crippen LogP contribution in [-0.4, -0.2) is 29.5 Å². The number of hydrogen-bond acceptors (Lipinski definition) is 3. The zero-order valence-electron chi connectivity index (χ0n) is 7.50. The van der Waals surface area contributed by atoms with E-state index in [1.807, 2.05) is 0 Å². The fraction of sp³-hybridized carbons (Fsp3) is 1.00. The standard InChI is InChI=1S/C9H19NOS/c11-9-5-2-1-4-8(9)10-6-3-7-12/h8-12H,1-7H2/t8-,9-/m1/s1. The summed E-state index contributed by atoms with van der Waals surface area (Å²) in [6.07, 6.45) is 5.53. The molecule has 0 saturated heterocycles. The first-order valence-electron chi connectivity index (χ1n) is 4.87. The summed E-state index contributed by atoms with van der Waals surface area (Å²) in [7, 11) is 0. The topological polar surface area (TPSA) is 32.3 Å². The number of hydrogen-bond donors (Lipinski definition) is 3. The second-order valence-electron chi connectivity index (χ2n) is 3.49. The van der Waals surface area contributed by atoms with Gasteiger partial charge in [0.15, 0.2) is 0 Å². The number of rotatable bonds is 4. The van der Waals surface area contributed by atoms with Crippen LogP contribution in [0.2, 0.25) is 0 Å². The van der Waals surface area contributed by atoms with E-state index in [1.165, 1.54) is 12.8 Å². The lowest BCUT2D eigenvalue weighted by molar-refractivity contribution is 0.0913. The van der Waals surface area contributed by atoms with Gasteiger partial charge >= 0.3 is 0 Å². The number of aliphatic hydroxyl groups is 1. The van der Waals surface area contributed by atoms with Gasteiger partial charge in [0.05, 0.1) is 6.10 Å². The van der Waals surface area contributed by atoms with Gasteiger partial charge in [0.1, 0.15) is 0 Å². The highest BCUT2D eigenvalue weighted by Gasteiger charge is 2.21. The Morgan fingerprint density at radius 2 is 2.08 bits per heavy atom. The second kappa shape index (κ2) is 5.84. The van der Waals surface area contributed by atoms with Crippen LogP contribution in [0.1, 0.15) is 32.1 Å². The van der Waals surface area contributed by atoms with E-state index in [1.54, 1.807) is 0 Å². The average Bonchev–Trinajstić information content (AvgIpc) is 2.09. The Morgan fingerprint density at radius 1 is 1.33 bits per heavy atom. The molecule has 1 rings (SSSR count). The quantitative estimate of drug-likeness (QED) is 0.459. The summed E-state index contributed by atoms with van der Waals surface area (Å²) in [5.74, 6) is 0.926. The van der Waals surface area contributed by atoms with Gasteiger partial charge in [0, 0.05) is 6.04 Å². The van der Waals surface area contributed by atoms with E-state index in [0.717, 1.165) is 31.6 Å². The lowest BCUT2D eigenvalue weighted by Crippen LogP contribution is -2.42. The molecule has 1 saturated carbocycles. The zero-order valence-corrected chi connectivity index (χ0v) is 8.39. The fourth-order valence-electron chi connectivity index (χ4n) is 1.72. The molecular formula is C9H19NOS. The van der Waals surface area contributed by atoms with Crippen LogP contribution in [0.4, 0.5) is 0 Å². The molecule has 2 atom stereocenters. The zero-order chi connectivity index (χ0) is 8.81. The van der Waals surface area contributed by atoms with Crippen molar-refractivity contribution in [1.82, 2.24) is 5.32 Å². The minimum absolute atomic E-state index is 0.112. The Morgan fingerprint density at radius 3 is 2.75 bits per heavy atom. The molecule has 72 valence electrons. The van der Waals surface area contributed by atoms with Crippen molar-refractivity contribution in [3.05, 3.63) is 0 Å². The molecule has 0 aliphatic heterocycles. The minimum Gasteiger partial charge on any atom is -0.392 e. The highest BCUT2D eigenvalue weighted by molar-refractivity contribution is 7.80. The number of aliphatic hydroxyl groups excluding tert-OH is 1. The van der Waals surface area contributed by atoms with Crippen LogP contribution < -0.4 is 5.32 Å². The molecule has 0 bridgehead atoms. The van der Waals surface area contributed by atoms with Crippen LogP contribution in [-0.2, 0) is 0 Å². The molecule has 0 aromatic heterocycles. The molecule has 1 aliphatic rings. The fourth-order valence-corrected chi connectivity index (χ4v) is 1.87. The highest BCUT2D eigenvalue weighted by atomic mass is 32.1. The van der Waals surface area contributed by atoms with E-state index in [0.29, 0.717) is 6.04 Å². The highest BCUT2D eigenvalue weighted by Crippen LogP contribution is 2.18. The third-order valence-electron chi connectivity index (χ3n) is 2.47. The maximum Gasteiger partial charge on any atom is 0.0693 e. The van der Waals surface area contributed by atoms with E-state index in [2.05, 4.69) is 17.9 Å². The predicted molar refractivity (Wildman–Crippen MR) is 54.7 cm³/mol. The molecule has 12 heavy (non-hydrogen) atoms. The van der Waals surface area contributed by atoms with Crippen molar-refractivity contribution in [2.24, 2.45) is 0 Å². The first-order chi connectivity index (χ1) is 5.84. The molecule has 0 aromatic carbocycles. The maximum atomic E-state index is 9.59. The Labute approximate surface area is 80.2 Å².